The van der Waals surface area contributed by atoms with E-state index in [0.29, 0.717) is 24.5 Å². The average Bonchev–Trinajstić information content (AvgIpc) is 2.87. The van der Waals surface area contributed by atoms with Gasteiger partial charge >= 0.3 is 0 Å². The number of carbonyl (C=O) groups excluding carboxylic acids is 1. The third-order valence-electron chi connectivity index (χ3n) is 5.90. The van der Waals surface area contributed by atoms with E-state index in [0.717, 1.165) is 26.7 Å². The van der Waals surface area contributed by atoms with Crippen LogP contribution in [0.15, 0.2) is 71.6 Å². The number of methoxy groups -OCH3 is 1. The maximum atomic E-state index is 13.6. The maximum Gasteiger partial charge on any atom is 0.264 e. The number of hydrogen-bond donors (Lipinski definition) is 1. The molecule has 0 aliphatic heterocycles. The van der Waals surface area contributed by atoms with Crippen LogP contribution in [0, 0.1) is 13.8 Å². The zero-order valence-corrected chi connectivity index (χ0v) is 22.3. The van der Waals surface area contributed by atoms with Gasteiger partial charge in [0.15, 0.2) is 0 Å². The molecule has 1 amide bonds. The second-order valence-corrected chi connectivity index (χ2v) is 10.4. The summed E-state index contributed by atoms with van der Waals surface area (Å²) in [5.41, 5.74) is 3.21. The number of nitrogens with one attached hydrogen (secondary N) is 1. The molecule has 0 aliphatic carbocycles. The number of hydrogen-bond acceptors (Lipinski definition) is 5. The first kappa shape index (κ1) is 27.1. The van der Waals surface area contributed by atoms with Gasteiger partial charge in [0.2, 0.25) is 5.91 Å². The molecule has 0 saturated carbocycles. The summed E-state index contributed by atoms with van der Waals surface area (Å²) in [7, 11) is -2.38. The molecule has 0 bridgehead atoms. The first-order valence-corrected chi connectivity index (χ1v) is 13.4. The summed E-state index contributed by atoms with van der Waals surface area (Å²) < 4.78 is 39.2. The molecule has 1 atom stereocenters. The van der Waals surface area contributed by atoms with Gasteiger partial charge in [-0.05, 0) is 80.8 Å². The summed E-state index contributed by atoms with van der Waals surface area (Å²) in [6.07, 6.45) is 0.644. The third kappa shape index (κ3) is 6.37. The Morgan fingerprint density at radius 2 is 1.64 bits per heavy atom. The molecule has 0 heterocycles. The SMILES string of the molecule is CCOc1ccc(N(CC(=O)N[C@H](CC)c2ccc(OC)c(C)c2)S(=O)(=O)c2ccc(C)cc2)cc1. The molecule has 0 aromatic heterocycles. The molecule has 36 heavy (non-hydrogen) atoms. The third-order valence-corrected chi connectivity index (χ3v) is 7.68. The van der Waals surface area contributed by atoms with Crippen molar-refractivity contribution in [3.05, 3.63) is 83.4 Å². The van der Waals surface area contributed by atoms with Gasteiger partial charge in [-0.2, -0.15) is 0 Å². The number of sulfonamides is 1. The molecule has 8 heteroatoms. The molecule has 1 N–H and O–H groups in total. The highest BCUT2D eigenvalue weighted by molar-refractivity contribution is 7.92. The monoisotopic (exact) mass is 510 g/mol. The van der Waals surface area contributed by atoms with Gasteiger partial charge in [-0.15, -0.1) is 0 Å². The van der Waals surface area contributed by atoms with E-state index in [9.17, 15) is 13.2 Å². The van der Waals surface area contributed by atoms with Gasteiger partial charge in [0, 0.05) is 0 Å². The van der Waals surface area contributed by atoms with Crippen molar-refractivity contribution < 1.29 is 22.7 Å². The minimum Gasteiger partial charge on any atom is -0.496 e. The fourth-order valence-electron chi connectivity index (χ4n) is 3.94. The number of carbonyl (C=O) groups is 1. The summed E-state index contributed by atoms with van der Waals surface area (Å²) in [5, 5.41) is 3.00. The lowest BCUT2D eigenvalue weighted by Crippen LogP contribution is -2.42. The highest BCUT2D eigenvalue weighted by Gasteiger charge is 2.28. The second-order valence-electron chi connectivity index (χ2n) is 8.51. The Bertz CT molecular complexity index is 1270. The van der Waals surface area contributed by atoms with E-state index in [1.165, 1.54) is 0 Å². The Hall–Kier alpha value is -3.52. The number of rotatable bonds is 11. The fourth-order valence-corrected chi connectivity index (χ4v) is 5.36. The van der Waals surface area contributed by atoms with Gasteiger partial charge in [-0.25, -0.2) is 8.42 Å². The molecule has 3 rings (SSSR count). The number of aryl methyl sites for hydroxylation is 2. The van der Waals surface area contributed by atoms with Crippen LogP contribution in [-0.2, 0) is 14.8 Å². The van der Waals surface area contributed by atoms with Crippen LogP contribution in [0.3, 0.4) is 0 Å². The van der Waals surface area contributed by atoms with Crippen molar-refractivity contribution in [1.29, 1.82) is 0 Å². The molecule has 0 aliphatic rings. The smallest absolute Gasteiger partial charge is 0.264 e. The lowest BCUT2D eigenvalue weighted by atomic mass is 10.0. The molecule has 3 aromatic carbocycles. The largest absolute Gasteiger partial charge is 0.496 e. The van der Waals surface area contributed by atoms with E-state index < -0.39 is 15.9 Å². The van der Waals surface area contributed by atoms with Crippen LogP contribution in [0.4, 0.5) is 5.69 Å². The summed E-state index contributed by atoms with van der Waals surface area (Å²) >= 11 is 0. The lowest BCUT2D eigenvalue weighted by Gasteiger charge is -2.26. The van der Waals surface area contributed by atoms with Gasteiger partial charge in [0.1, 0.15) is 18.0 Å². The Kier molecular flexibility index (Phi) is 8.98. The first-order valence-electron chi connectivity index (χ1n) is 12.0. The summed E-state index contributed by atoms with van der Waals surface area (Å²) in [6, 6.07) is 18.8. The van der Waals surface area contributed by atoms with E-state index in [1.807, 2.05) is 45.9 Å². The molecule has 192 valence electrons. The van der Waals surface area contributed by atoms with Crippen molar-refractivity contribution in [3.8, 4) is 11.5 Å². The fraction of sp³-hybridized carbons (Fsp3) is 0.321. The van der Waals surface area contributed by atoms with Crippen LogP contribution in [0.5, 0.6) is 11.5 Å². The van der Waals surface area contributed by atoms with Gasteiger partial charge in [0.25, 0.3) is 10.0 Å². The van der Waals surface area contributed by atoms with Gasteiger partial charge < -0.3 is 14.8 Å². The van der Waals surface area contributed by atoms with Crippen molar-refractivity contribution in [2.75, 3.05) is 24.6 Å². The molecule has 0 spiro atoms. The van der Waals surface area contributed by atoms with Crippen molar-refractivity contribution in [2.45, 2.75) is 45.1 Å². The van der Waals surface area contributed by atoms with Crippen LogP contribution < -0.4 is 19.1 Å². The predicted molar refractivity (Wildman–Crippen MR) is 142 cm³/mol. The summed E-state index contributed by atoms with van der Waals surface area (Å²) in [4.78, 5) is 13.3. The zero-order valence-electron chi connectivity index (χ0n) is 21.4. The van der Waals surface area contributed by atoms with Crippen molar-refractivity contribution in [1.82, 2.24) is 5.32 Å². The Labute approximate surface area is 214 Å². The van der Waals surface area contributed by atoms with Crippen molar-refractivity contribution in [2.24, 2.45) is 0 Å². The van der Waals surface area contributed by atoms with Crippen LogP contribution in [0.2, 0.25) is 0 Å². The molecule has 0 saturated heterocycles. The quantitative estimate of drug-likeness (QED) is 0.385. The lowest BCUT2D eigenvalue weighted by molar-refractivity contribution is -0.120. The van der Waals surface area contributed by atoms with Crippen LogP contribution in [0.1, 0.15) is 43.0 Å². The molecule has 0 fully saturated rings. The van der Waals surface area contributed by atoms with Crippen LogP contribution in [-0.4, -0.2) is 34.6 Å². The minimum absolute atomic E-state index is 0.118. The van der Waals surface area contributed by atoms with E-state index in [-0.39, 0.29) is 17.5 Å². The molecule has 0 unspecified atom stereocenters. The maximum absolute atomic E-state index is 13.6. The van der Waals surface area contributed by atoms with Crippen molar-refractivity contribution >= 4 is 21.6 Å². The first-order chi connectivity index (χ1) is 17.2. The predicted octanol–water partition coefficient (Wildman–Crippen LogP) is 5.17. The topological polar surface area (TPSA) is 84.9 Å². The highest BCUT2D eigenvalue weighted by Crippen LogP contribution is 2.27. The van der Waals surface area contributed by atoms with Crippen molar-refractivity contribution in [3.63, 3.8) is 0 Å². The Morgan fingerprint density at radius 1 is 0.972 bits per heavy atom. The standard InChI is InChI=1S/C28H34N2O5S/c1-6-26(22-10-17-27(34-5)21(4)18-22)29-28(31)19-30(23-11-13-24(14-12-23)35-7-2)36(32,33)25-15-8-20(3)9-16-25/h8-18,26H,6-7,19H2,1-5H3,(H,29,31)/t26-/m1/s1. The summed E-state index contributed by atoms with van der Waals surface area (Å²) in [5.74, 6) is 0.991. The minimum atomic E-state index is -4.00. The number of anilines is 1. The zero-order chi connectivity index (χ0) is 26.3. The van der Waals surface area contributed by atoms with Gasteiger partial charge in [-0.1, -0.05) is 36.8 Å². The van der Waals surface area contributed by atoms with E-state index in [2.05, 4.69) is 5.32 Å². The normalized spacial score (nSPS) is 12.0. The van der Waals surface area contributed by atoms with Crippen LogP contribution in [0.25, 0.3) is 0 Å². The van der Waals surface area contributed by atoms with Crippen LogP contribution >= 0.6 is 0 Å². The Balaban J connectivity index is 1.90. The number of nitrogens with zero attached hydrogens (tertiary/aromatic N) is 1. The molecule has 7 nitrogen and oxygen atoms in total. The van der Waals surface area contributed by atoms with Gasteiger partial charge in [-0.3, -0.25) is 9.10 Å². The number of amides is 1. The molecular weight excluding hydrogens is 476 g/mol. The second kappa shape index (κ2) is 11.9. The molecule has 3 aromatic rings. The highest BCUT2D eigenvalue weighted by atomic mass is 32.2. The Morgan fingerprint density at radius 3 is 2.19 bits per heavy atom. The molecule has 0 radical (unpaired) electrons. The number of ether oxygens (including phenoxy) is 2. The van der Waals surface area contributed by atoms with E-state index in [1.54, 1.807) is 55.6 Å². The van der Waals surface area contributed by atoms with E-state index >= 15 is 0 Å². The summed E-state index contributed by atoms with van der Waals surface area (Å²) in [6.45, 7) is 7.81. The average molecular weight is 511 g/mol. The van der Waals surface area contributed by atoms with E-state index in [4.69, 9.17) is 9.47 Å². The molecular formula is C28H34N2O5S. The van der Waals surface area contributed by atoms with Gasteiger partial charge in [0.05, 0.1) is 30.3 Å². The number of benzene rings is 3.